The summed E-state index contributed by atoms with van der Waals surface area (Å²) in [4.78, 5) is 35.4. The van der Waals surface area contributed by atoms with E-state index in [4.69, 9.17) is 15.1 Å². The average Bonchev–Trinajstić information content (AvgIpc) is 2.84. The summed E-state index contributed by atoms with van der Waals surface area (Å²) in [5.41, 5.74) is 0.816. The van der Waals surface area contributed by atoms with E-state index >= 15 is 0 Å². The summed E-state index contributed by atoms with van der Waals surface area (Å²) in [5, 5.41) is 14.5. The quantitative estimate of drug-likeness (QED) is 0.472. The Bertz CT molecular complexity index is 1090. The van der Waals surface area contributed by atoms with Crippen molar-refractivity contribution in [3.8, 4) is 5.75 Å². The Morgan fingerprint density at radius 1 is 1.18 bits per heavy atom. The fraction of sp³-hybridized carbons (Fsp3) is 0.520. The number of methoxy groups -OCH3 is 1. The molecule has 2 aromatic rings. The van der Waals surface area contributed by atoms with Crippen molar-refractivity contribution in [1.29, 1.82) is 5.41 Å². The van der Waals surface area contributed by atoms with E-state index in [9.17, 15) is 9.59 Å². The smallest absolute Gasteiger partial charge is 0.321 e. The lowest BCUT2D eigenvalue weighted by atomic mass is 9.95. The third-order valence-electron chi connectivity index (χ3n) is 6.70. The van der Waals surface area contributed by atoms with Gasteiger partial charge in [0.15, 0.2) is 0 Å². The van der Waals surface area contributed by atoms with Crippen molar-refractivity contribution in [2.75, 3.05) is 30.8 Å². The highest BCUT2D eigenvalue weighted by Gasteiger charge is 2.28. The van der Waals surface area contributed by atoms with E-state index in [2.05, 4.69) is 15.6 Å². The van der Waals surface area contributed by atoms with Gasteiger partial charge in [-0.1, -0.05) is 31.4 Å². The number of rotatable bonds is 6. The second-order valence-corrected chi connectivity index (χ2v) is 9.19. The number of nitrogens with zero attached hydrogens (tertiary/aromatic N) is 2. The zero-order chi connectivity index (χ0) is 24.1. The van der Waals surface area contributed by atoms with Crippen LogP contribution in [0.25, 0.3) is 0 Å². The lowest BCUT2D eigenvalue weighted by Crippen LogP contribution is -2.42. The highest BCUT2D eigenvalue weighted by Crippen LogP contribution is 2.28. The molecule has 2 amide bonds. The molecule has 34 heavy (non-hydrogen) atoms. The van der Waals surface area contributed by atoms with Gasteiger partial charge in [0.25, 0.3) is 5.56 Å². The van der Waals surface area contributed by atoms with Crippen LogP contribution in [-0.2, 0) is 0 Å². The van der Waals surface area contributed by atoms with Gasteiger partial charge in [-0.3, -0.25) is 4.79 Å². The highest BCUT2D eigenvalue weighted by atomic mass is 16.5. The van der Waals surface area contributed by atoms with Gasteiger partial charge in [-0.25, -0.2) is 9.78 Å². The SMILES string of the molecule is COc1ccccc1NC(=O)N1CCCC(c2nc(NC3CCCCC3)c(C(C)=N)c(=O)[nH]2)C1. The Morgan fingerprint density at radius 3 is 2.68 bits per heavy atom. The van der Waals surface area contributed by atoms with Crippen molar-refractivity contribution in [3.05, 3.63) is 46.0 Å². The minimum absolute atomic E-state index is 0.0862. The van der Waals surface area contributed by atoms with Gasteiger partial charge in [0, 0.05) is 30.8 Å². The number of ether oxygens (including phenoxy) is 1. The molecule has 1 saturated heterocycles. The Balaban J connectivity index is 1.53. The lowest BCUT2D eigenvalue weighted by molar-refractivity contribution is 0.191. The largest absolute Gasteiger partial charge is 0.495 e. The zero-order valence-electron chi connectivity index (χ0n) is 19.9. The number of urea groups is 1. The Morgan fingerprint density at radius 2 is 1.94 bits per heavy atom. The van der Waals surface area contributed by atoms with Crippen LogP contribution in [0.4, 0.5) is 16.3 Å². The Kier molecular flexibility index (Phi) is 7.49. The molecule has 182 valence electrons. The number of H-pyrrole nitrogens is 1. The maximum atomic E-state index is 13.0. The van der Waals surface area contributed by atoms with Crippen LogP contribution in [-0.4, -0.2) is 52.9 Å². The fourth-order valence-corrected chi connectivity index (χ4v) is 4.90. The van der Waals surface area contributed by atoms with Crippen LogP contribution in [0.1, 0.15) is 69.2 Å². The number of hydrogen-bond acceptors (Lipinski definition) is 6. The van der Waals surface area contributed by atoms with Crippen molar-refractivity contribution >= 4 is 23.2 Å². The van der Waals surface area contributed by atoms with Crippen molar-refractivity contribution in [3.63, 3.8) is 0 Å². The molecule has 1 aliphatic carbocycles. The van der Waals surface area contributed by atoms with Gasteiger partial charge in [-0.15, -0.1) is 0 Å². The van der Waals surface area contributed by atoms with Crippen molar-refractivity contribution in [1.82, 2.24) is 14.9 Å². The molecule has 1 unspecified atom stereocenters. The summed E-state index contributed by atoms with van der Waals surface area (Å²) >= 11 is 0. The molecule has 2 fully saturated rings. The number of benzene rings is 1. The normalized spacial score (nSPS) is 18.9. The molecule has 1 atom stereocenters. The molecule has 2 aliphatic rings. The Hall–Kier alpha value is -3.36. The number of aromatic nitrogens is 2. The first kappa shape index (κ1) is 23.8. The number of para-hydroxylation sites is 2. The maximum absolute atomic E-state index is 13.0. The zero-order valence-corrected chi connectivity index (χ0v) is 19.9. The number of hydrogen-bond donors (Lipinski definition) is 4. The number of carbonyl (C=O) groups is 1. The third kappa shape index (κ3) is 5.40. The summed E-state index contributed by atoms with van der Waals surface area (Å²) in [7, 11) is 1.57. The molecule has 2 heterocycles. The number of piperidine rings is 1. The first-order chi connectivity index (χ1) is 16.5. The Labute approximate surface area is 199 Å². The molecule has 0 spiro atoms. The fourth-order valence-electron chi connectivity index (χ4n) is 4.90. The number of anilines is 2. The maximum Gasteiger partial charge on any atom is 0.321 e. The second kappa shape index (κ2) is 10.7. The molecule has 0 bridgehead atoms. The lowest BCUT2D eigenvalue weighted by Gasteiger charge is -2.32. The van der Waals surface area contributed by atoms with E-state index in [0.29, 0.717) is 41.7 Å². The minimum atomic E-state index is -0.300. The first-order valence-electron chi connectivity index (χ1n) is 12.1. The summed E-state index contributed by atoms with van der Waals surface area (Å²) in [6.07, 6.45) is 7.27. The van der Waals surface area contributed by atoms with Gasteiger partial charge < -0.3 is 30.7 Å². The van der Waals surface area contributed by atoms with E-state index in [1.165, 1.54) is 6.42 Å². The van der Waals surface area contributed by atoms with Crippen LogP contribution < -0.4 is 20.9 Å². The molecule has 4 N–H and O–H groups in total. The summed E-state index contributed by atoms with van der Waals surface area (Å²) < 4.78 is 5.34. The van der Waals surface area contributed by atoms with Crippen LogP contribution in [0.5, 0.6) is 5.75 Å². The monoisotopic (exact) mass is 466 g/mol. The van der Waals surface area contributed by atoms with Crippen LogP contribution in [0.2, 0.25) is 0 Å². The van der Waals surface area contributed by atoms with Gasteiger partial charge in [0.1, 0.15) is 23.0 Å². The van der Waals surface area contributed by atoms with E-state index in [0.717, 1.165) is 38.5 Å². The molecule has 1 saturated carbocycles. The molecule has 4 rings (SSSR count). The summed E-state index contributed by atoms with van der Waals surface area (Å²) in [6.45, 7) is 2.70. The van der Waals surface area contributed by atoms with E-state index < -0.39 is 0 Å². The molecular weight excluding hydrogens is 432 g/mol. The molecule has 1 aromatic heterocycles. The number of carbonyl (C=O) groups excluding carboxylic acids is 1. The molecule has 1 aromatic carbocycles. The van der Waals surface area contributed by atoms with Crippen molar-refractivity contribution in [2.45, 2.75) is 63.8 Å². The van der Waals surface area contributed by atoms with Crippen LogP contribution in [0.15, 0.2) is 29.1 Å². The van der Waals surface area contributed by atoms with Gasteiger partial charge in [0.2, 0.25) is 0 Å². The number of likely N-dealkylation sites (tertiary alicyclic amines) is 1. The number of aromatic amines is 1. The molecule has 9 heteroatoms. The van der Waals surface area contributed by atoms with Gasteiger partial charge >= 0.3 is 6.03 Å². The second-order valence-electron chi connectivity index (χ2n) is 9.19. The highest BCUT2D eigenvalue weighted by molar-refractivity contribution is 6.00. The predicted octanol–water partition coefficient (Wildman–Crippen LogP) is 4.32. The van der Waals surface area contributed by atoms with Gasteiger partial charge in [-0.05, 0) is 44.7 Å². The van der Waals surface area contributed by atoms with Gasteiger partial charge in [-0.2, -0.15) is 0 Å². The first-order valence-corrected chi connectivity index (χ1v) is 12.1. The van der Waals surface area contributed by atoms with E-state index in [1.807, 2.05) is 12.1 Å². The van der Waals surface area contributed by atoms with Crippen molar-refractivity contribution in [2.24, 2.45) is 0 Å². The summed E-state index contributed by atoms with van der Waals surface area (Å²) in [6, 6.07) is 7.37. The summed E-state index contributed by atoms with van der Waals surface area (Å²) in [5.74, 6) is 1.58. The third-order valence-corrected chi connectivity index (χ3v) is 6.70. The molecular formula is C25H34N6O3. The average molecular weight is 467 g/mol. The standard InChI is InChI=1S/C25H34N6O3/c1-16(26)21-23(27-18-10-4-3-5-11-18)29-22(30-24(21)32)17-9-8-14-31(15-17)25(33)28-19-12-6-7-13-20(19)34-2/h6-7,12-13,17-18,26H,3-5,8-11,14-15H2,1-2H3,(H,28,33)(H2,27,29,30,32). The molecule has 0 radical (unpaired) electrons. The minimum Gasteiger partial charge on any atom is -0.495 e. The molecule has 1 aliphatic heterocycles. The van der Waals surface area contributed by atoms with E-state index in [1.54, 1.807) is 31.1 Å². The molecule has 9 nitrogen and oxygen atoms in total. The number of nitrogens with one attached hydrogen (secondary N) is 4. The van der Waals surface area contributed by atoms with Crippen molar-refractivity contribution < 1.29 is 9.53 Å². The topological polar surface area (TPSA) is 123 Å². The van der Waals surface area contributed by atoms with Crippen LogP contribution >= 0.6 is 0 Å². The van der Waals surface area contributed by atoms with E-state index in [-0.39, 0.29) is 29.3 Å². The van der Waals surface area contributed by atoms with Crippen LogP contribution in [0, 0.1) is 5.41 Å². The number of amides is 2. The predicted molar refractivity (Wildman–Crippen MR) is 133 cm³/mol. The van der Waals surface area contributed by atoms with Crippen LogP contribution in [0.3, 0.4) is 0 Å². The van der Waals surface area contributed by atoms with Gasteiger partial charge in [0.05, 0.1) is 12.8 Å².